The average Bonchev–Trinajstić information content (AvgIpc) is 3.14. The van der Waals surface area contributed by atoms with Gasteiger partial charge in [0.25, 0.3) is 0 Å². The van der Waals surface area contributed by atoms with E-state index in [0.29, 0.717) is 36.1 Å². The minimum atomic E-state index is -4.77. The molecule has 9 heteroatoms. The van der Waals surface area contributed by atoms with E-state index in [4.69, 9.17) is 4.74 Å². The molecule has 1 fully saturated rings. The molecule has 1 aromatic heterocycles. The molecule has 0 bridgehead atoms. The Labute approximate surface area is 162 Å². The molecule has 0 unspecified atom stereocenters. The van der Waals surface area contributed by atoms with Gasteiger partial charge in [0.05, 0.1) is 11.2 Å². The van der Waals surface area contributed by atoms with Gasteiger partial charge in [0.2, 0.25) is 0 Å². The number of hydrogen-bond donors (Lipinski definition) is 0. The molecule has 0 atom stereocenters. The number of fused-ring (bicyclic) bond motifs is 1. The molecule has 3 aromatic rings. The lowest BCUT2D eigenvalue weighted by atomic mass is 10.1. The van der Waals surface area contributed by atoms with Crippen molar-refractivity contribution in [3.63, 3.8) is 0 Å². The molecule has 0 amide bonds. The number of thiazole rings is 1. The van der Waals surface area contributed by atoms with Crippen LogP contribution < -0.4 is 14.4 Å². The Morgan fingerprint density at radius 2 is 1.79 bits per heavy atom. The molecule has 0 aliphatic carbocycles. The van der Waals surface area contributed by atoms with Gasteiger partial charge in [0, 0.05) is 25.9 Å². The first-order valence-electron chi connectivity index (χ1n) is 8.70. The van der Waals surface area contributed by atoms with Crippen molar-refractivity contribution >= 4 is 27.2 Å². The van der Waals surface area contributed by atoms with Gasteiger partial charge in [-0.1, -0.05) is 12.1 Å². The monoisotopic (exact) mass is 409 g/mol. The van der Waals surface area contributed by atoms with Gasteiger partial charge in [-0.3, -0.25) is 5.11 Å². The number of nitrogens with zero attached hydrogens (tertiary/aromatic N) is 2. The zero-order valence-electron chi connectivity index (χ0n) is 14.6. The molecular weight excluding hydrogens is 393 g/mol. The lowest BCUT2D eigenvalue weighted by Crippen LogP contribution is -2.38. The number of hydrogen-bond acceptors (Lipinski definition) is 5. The predicted molar refractivity (Wildman–Crippen MR) is 98.7 cm³/mol. The molecule has 1 aliphatic heterocycles. The molecule has 0 saturated carbocycles. The summed E-state index contributed by atoms with van der Waals surface area (Å²) in [5.41, 5.74) is 3.25. The van der Waals surface area contributed by atoms with E-state index in [1.165, 1.54) is 29.5 Å². The van der Waals surface area contributed by atoms with E-state index in [1.807, 2.05) is 0 Å². The van der Waals surface area contributed by atoms with Gasteiger partial charge >= 0.3 is 6.36 Å². The number of anilines is 1. The second-order valence-electron chi connectivity index (χ2n) is 6.41. The fourth-order valence-electron chi connectivity index (χ4n) is 3.32. The predicted octanol–water partition coefficient (Wildman–Crippen LogP) is 5.39. The number of aromatic nitrogens is 1. The van der Waals surface area contributed by atoms with Crippen molar-refractivity contribution in [3.8, 4) is 17.2 Å². The van der Waals surface area contributed by atoms with E-state index in [0.717, 1.165) is 5.69 Å². The zero-order chi connectivity index (χ0) is 19.7. The van der Waals surface area contributed by atoms with Crippen LogP contribution in [0.3, 0.4) is 0 Å². The maximum atomic E-state index is 12.6. The second kappa shape index (κ2) is 7.38. The molecule has 28 heavy (non-hydrogen) atoms. The van der Waals surface area contributed by atoms with Crippen molar-refractivity contribution in [1.29, 1.82) is 0 Å². The normalized spacial score (nSPS) is 15.8. The van der Waals surface area contributed by atoms with E-state index < -0.39 is 6.36 Å². The molecule has 1 radical (unpaired) electrons. The Balaban J connectivity index is 1.44. The summed E-state index contributed by atoms with van der Waals surface area (Å²) in [7, 11) is 0. The largest absolute Gasteiger partial charge is 0.573 e. The van der Waals surface area contributed by atoms with Crippen LogP contribution in [0.15, 0.2) is 41.9 Å². The Bertz CT molecular complexity index is 968. The van der Waals surface area contributed by atoms with Crippen molar-refractivity contribution in [3.05, 3.63) is 41.9 Å². The molecule has 1 saturated heterocycles. The fraction of sp³-hybridized carbons (Fsp3) is 0.316. The number of para-hydroxylation sites is 2. The standard InChI is InChI=1S/C19H16F3N2O3S/c20-19(21,22)27-16-4-2-1-3-15(16)26-12-7-9-24(10-8-12)13-5-6-14(25)18-17(13)23-11-28-18/h1-6,11-12H,7-10H2. The molecule has 147 valence electrons. The molecule has 2 heterocycles. The van der Waals surface area contributed by atoms with E-state index in [-0.39, 0.29) is 23.4 Å². The molecule has 0 spiro atoms. The number of rotatable bonds is 4. The minimum Gasteiger partial charge on any atom is -0.486 e. The SMILES string of the molecule is [O]c1ccc(N2CCC(Oc3ccccc3OC(F)(F)F)CC2)c2ncsc12. The Hall–Kier alpha value is -2.68. The van der Waals surface area contributed by atoms with Crippen LogP contribution in [0.25, 0.3) is 10.2 Å². The van der Waals surface area contributed by atoms with Crippen LogP contribution in [0.2, 0.25) is 0 Å². The van der Waals surface area contributed by atoms with Crippen molar-refractivity contribution in [1.82, 2.24) is 4.98 Å². The summed E-state index contributed by atoms with van der Waals surface area (Å²) in [6.07, 6.45) is -3.73. The average molecular weight is 409 g/mol. The Morgan fingerprint density at radius 1 is 1.07 bits per heavy atom. The van der Waals surface area contributed by atoms with Crippen LogP contribution in [-0.2, 0) is 5.11 Å². The summed E-state index contributed by atoms with van der Waals surface area (Å²) in [6, 6.07) is 9.11. The first kappa shape index (κ1) is 18.7. The minimum absolute atomic E-state index is 0.0410. The summed E-state index contributed by atoms with van der Waals surface area (Å²) in [5, 5.41) is 11.9. The van der Waals surface area contributed by atoms with E-state index in [2.05, 4.69) is 14.6 Å². The van der Waals surface area contributed by atoms with E-state index in [1.54, 1.807) is 23.7 Å². The third-order valence-corrected chi connectivity index (χ3v) is 5.42. The van der Waals surface area contributed by atoms with Crippen molar-refractivity contribution in [2.75, 3.05) is 18.0 Å². The molecule has 1 aliphatic rings. The Morgan fingerprint density at radius 3 is 2.50 bits per heavy atom. The summed E-state index contributed by atoms with van der Waals surface area (Å²) in [6.45, 7) is 1.30. The molecule has 2 aromatic carbocycles. The van der Waals surface area contributed by atoms with Crippen LogP contribution in [0.5, 0.6) is 17.2 Å². The van der Waals surface area contributed by atoms with Crippen LogP contribution in [-0.4, -0.2) is 30.5 Å². The zero-order valence-corrected chi connectivity index (χ0v) is 15.4. The summed E-state index contributed by atoms with van der Waals surface area (Å²) >= 11 is 1.32. The smallest absolute Gasteiger partial charge is 0.486 e. The number of halogens is 3. The highest BCUT2D eigenvalue weighted by atomic mass is 32.1. The van der Waals surface area contributed by atoms with Gasteiger partial charge in [-0.25, -0.2) is 4.98 Å². The maximum Gasteiger partial charge on any atom is 0.573 e. The van der Waals surface area contributed by atoms with E-state index >= 15 is 0 Å². The van der Waals surface area contributed by atoms with Crippen LogP contribution >= 0.6 is 11.3 Å². The number of benzene rings is 2. The summed E-state index contributed by atoms with van der Waals surface area (Å²) in [5.74, 6) is -0.302. The van der Waals surface area contributed by atoms with Crippen molar-refractivity contribution < 1.29 is 27.8 Å². The van der Waals surface area contributed by atoms with Crippen molar-refractivity contribution in [2.24, 2.45) is 0 Å². The van der Waals surface area contributed by atoms with Gasteiger partial charge in [-0.15, -0.1) is 24.5 Å². The molecule has 4 rings (SSSR count). The van der Waals surface area contributed by atoms with Gasteiger partial charge in [0.15, 0.2) is 17.2 Å². The van der Waals surface area contributed by atoms with Gasteiger partial charge in [-0.2, -0.15) is 0 Å². The van der Waals surface area contributed by atoms with Crippen LogP contribution in [0.1, 0.15) is 12.8 Å². The lowest BCUT2D eigenvalue weighted by Gasteiger charge is -2.34. The quantitative estimate of drug-likeness (QED) is 0.580. The summed E-state index contributed by atoms with van der Waals surface area (Å²) < 4.78 is 48.1. The highest BCUT2D eigenvalue weighted by Crippen LogP contribution is 2.37. The first-order chi connectivity index (χ1) is 13.4. The number of ether oxygens (including phenoxy) is 2. The van der Waals surface area contributed by atoms with Crippen LogP contribution in [0.4, 0.5) is 18.9 Å². The van der Waals surface area contributed by atoms with Gasteiger partial charge in [-0.05, 0) is 24.3 Å². The third-order valence-electron chi connectivity index (χ3n) is 4.58. The third kappa shape index (κ3) is 3.94. The molecule has 5 nitrogen and oxygen atoms in total. The van der Waals surface area contributed by atoms with Gasteiger partial charge in [0.1, 0.15) is 16.3 Å². The highest BCUT2D eigenvalue weighted by molar-refractivity contribution is 7.17. The van der Waals surface area contributed by atoms with Crippen LogP contribution in [0, 0.1) is 0 Å². The topological polar surface area (TPSA) is 54.5 Å². The molecule has 0 N–H and O–H groups in total. The maximum absolute atomic E-state index is 12.6. The molecular formula is C19H16F3N2O3S. The van der Waals surface area contributed by atoms with Crippen molar-refractivity contribution in [2.45, 2.75) is 25.3 Å². The fourth-order valence-corrected chi connectivity index (χ4v) is 4.04. The number of piperidine rings is 1. The first-order valence-corrected chi connectivity index (χ1v) is 9.58. The van der Waals surface area contributed by atoms with E-state index in [9.17, 15) is 18.3 Å². The Kier molecular flexibility index (Phi) is 4.92. The summed E-state index contributed by atoms with van der Waals surface area (Å²) in [4.78, 5) is 6.43. The van der Waals surface area contributed by atoms with Gasteiger partial charge < -0.3 is 14.4 Å². The highest BCUT2D eigenvalue weighted by Gasteiger charge is 2.33. The number of alkyl halides is 3. The lowest BCUT2D eigenvalue weighted by molar-refractivity contribution is -0.275. The second-order valence-corrected chi connectivity index (χ2v) is 7.27.